The van der Waals surface area contributed by atoms with Crippen molar-refractivity contribution in [1.29, 1.82) is 0 Å². The van der Waals surface area contributed by atoms with Gasteiger partial charge in [-0.2, -0.15) is 5.10 Å². The Balaban J connectivity index is 1.87. The smallest absolute Gasteiger partial charge is 0.226 e. The number of rotatable bonds is 4. The van der Waals surface area contributed by atoms with Gasteiger partial charge in [0.1, 0.15) is 11.6 Å². The number of anilines is 1. The fourth-order valence-electron chi connectivity index (χ4n) is 1.64. The summed E-state index contributed by atoms with van der Waals surface area (Å²) in [5, 5.41) is 6.98. The van der Waals surface area contributed by atoms with Crippen LogP contribution in [0.1, 0.15) is 18.1 Å². The first-order valence-corrected chi connectivity index (χ1v) is 5.73. The molecular formula is C12H15N5O. The molecule has 1 N–H and O–H groups in total. The van der Waals surface area contributed by atoms with Gasteiger partial charge in [-0.15, -0.1) is 0 Å². The molecule has 6 heteroatoms. The third-order valence-corrected chi connectivity index (χ3v) is 2.46. The van der Waals surface area contributed by atoms with E-state index in [1.165, 1.54) is 0 Å². The van der Waals surface area contributed by atoms with Gasteiger partial charge in [-0.05, 0) is 26.0 Å². The van der Waals surface area contributed by atoms with Crippen molar-refractivity contribution in [1.82, 2.24) is 19.7 Å². The Morgan fingerprint density at radius 3 is 2.89 bits per heavy atom. The van der Waals surface area contributed by atoms with Crippen molar-refractivity contribution in [2.75, 3.05) is 5.32 Å². The van der Waals surface area contributed by atoms with Crippen molar-refractivity contribution in [3.05, 3.63) is 36.2 Å². The Morgan fingerprint density at radius 1 is 1.44 bits per heavy atom. The molecular weight excluding hydrogens is 230 g/mol. The van der Waals surface area contributed by atoms with E-state index in [2.05, 4.69) is 20.4 Å². The monoisotopic (exact) mass is 245 g/mol. The van der Waals surface area contributed by atoms with E-state index in [-0.39, 0.29) is 5.91 Å². The zero-order valence-electron chi connectivity index (χ0n) is 10.4. The van der Waals surface area contributed by atoms with Crippen molar-refractivity contribution >= 4 is 11.6 Å². The number of carbonyl (C=O) groups is 1. The maximum Gasteiger partial charge on any atom is 0.226 e. The second-order valence-electron chi connectivity index (χ2n) is 3.97. The molecule has 2 aromatic rings. The summed E-state index contributed by atoms with van der Waals surface area (Å²) in [6, 6.07) is 3.58. The zero-order valence-corrected chi connectivity index (χ0v) is 10.4. The number of carbonyl (C=O) groups excluding carboxylic acids is 1. The zero-order chi connectivity index (χ0) is 13.0. The highest BCUT2D eigenvalue weighted by Gasteiger charge is 2.06. The molecule has 1 amide bonds. The summed E-state index contributed by atoms with van der Waals surface area (Å²) >= 11 is 0. The van der Waals surface area contributed by atoms with Gasteiger partial charge in [0.25, 0.3) is 0 Å². The molecule has 0 unspecified atom stereocenters. The summed E-state index contributed by atoms with van der Waals surface area (Å²) in [6.45, 7) is 4.23. The molecule has 0 aliphatic rings. The highest BCUT2D eigenvalue weighted by atomic mass is 16.1. The SMILES string of the molecule is Cc1nc(C)n(CCC(=O)Nc2cccnc2)n1. The van der Waals surface area contributed by atoms with Crippen molar-refractivity contribution in [2.24, 2.45) is 0 Å². The van der Waals surface area contributed by atoms with Gasteiger partial charge in [0, 0.05) is 12.6 Å². The van der Waals surface area contributed by atoms with E-state index in [9.17, 15) is 4.79 Å². The normalized spacial score (nSPS) is 10.3. The molecule has 0 radical (unpaired) electrons. The molecule has 2 aromatic heterocycles. The number of amides is 1. The van der Waals surface area contributed by atoms with E-state index in [1.54, 1.807) is 29.2 Å². The molecule has 2 rings (SSSR count). The fourth-order valence-corrected chi connectivity index (χ4v) is 1.64. The summed E-state index contributed by atoms with van der Waals surface area (Å²) in [5.41, 5.74) is 0.703. The summed E-state index contributed by atoms with van der Waals surface area (Å²) in [6.07, 6.45) is 3.64. The second kappa shape index (κ2) is 5.39. The Labute approximate surface area is 105 Å². The molecule has 2 heterocycles. The van der Waals surface area contributed by atoms with E-state index < -0.39 is 0 Å². The molecule has 0 saturated heterocycles. The van der Waals surface area contributed by atoms with Crippen LogP contribution >= 0.6 is 0 Å². The minimum Gasteiger partial charge on any atom is -0.325 e. The Kier molecular flexibility index (Phi) is 3.66. The van der Waals surface area contributed by atoms with E-state index in [1.807, 2.05) is 13.8 Å². The van der Waals surface area contributed by atoms with Gasteiger partial charge in [-0.1, -0.05) is 0 Å². The minimum absolute atomic E-state index is 0.0597. The maximum absolute atomic E-state index is 11.7. The molecule has 0 aliphatic carbocycles. The Bertz CT molecular complexity index is 535. The highest BCUT2D eigenvalue weighted by molar-refractivity contribution is 5.90. The molecule has 0 fully saturated rings. The van der Waals surface area contributed by atoms with E-state index in [0.717, 1.165) is 11.6 Å². The third-order valence-electron chi connectivity index (χ3n) is 2.46. The topological polar surface area (TPSA) is 72.7 Å². The average molecular weight is 245 g/mol. The maximum atomic E-state index is 11.7. The number of nitrogens with zero attached hydrogens (tertiary/aromatic N) is 4. The second-order valence-corrected chi connectivity index (χ2v) is 3.97. The number of nitrogens with one attached hydrogen (secondary N) is 1. The number of hydrogen-bond donors (Lipinski definition) is 1. The quantitative estimate of drug-likeness (QED) is 0.881. The van der Waals surface area contributed by atoms with Crippen molar-refractivity contribution in [3.8, 4) is 0 Å². The predicted molar refractivity (Wildman–Crippen MR) is 67.0 cm³/mol. The first-order chi connectivity index (χ1) is 8.65. The van der Waals surface area contributed by atoms with Gasteiger partial charge < -0.3 is 5.32 Å². The van der Waals surface area contributed by atoms with Crippen LogP contribution in [0.4, 0.5) is 5.69 Å². The number of aromatic nitrogens is 4. The van der Waals surface area contributed by atoms with Gasteiger partial charge in [0.2, 0.25) is 5.91 Å². The number of aryl methyl sites for hydroxylation is 3. The molecule has 0 saturated carbocycles. The van der Waals surface area contributed by atoms with Crippen LogP contribution in [-0.4, -0.2) is 25.7 Å². The van der Waals surface area contributed by atoms with Gasteiger partial charge in [0.05, 0.1) is 18.4 Å². The molecule has 0 spiro atoms. The lowest BCUT2D eigenvalue weighted by Crippen LogP contribution is -2.15. The summed E-state index contributed by atoms with van der Waals surface area (Å²) in [5.74, 6) is 1.48. The number of pyridine rings is 1. The first kappa shape index (κ1) is 12.2. The standard InChI is InChI=1S/C12H15N5O/c1-9-14-10(2)17(16-9)7-5-12(18)15-11-4-3-6-13-8-11/h3-4,6,8H,5,7H2,1-2H3,(H,15,18). The van der Waals surface area contributed by atoms with Gasteiger partial charge >= 0.3 is 0 Å². The lowest BCUT2D eigenvalue weighted by Gasteiger charge is -2.05. The van der Waals surface area contributed by atoms with Crippen LogP contribution in [0.2, 0.25) is 0 Å². The number of hydrogen-bond acceptors (Lipinski definition) is 4. The minimum atomic E-state index is -0.0597. The van der Waals surface area contributed by atoms with Gasteiger partial charge in [-0.3, -0.25) is 9.78 Å². The average Bonchev–Trinajstić information content (AvgIpc) is 2.66. The van der Waals surface area contributed by atoms with Crippen molar-refractivity contribution in [2.45, 2.75) is 26.8 Å². The molecule has 0 aliphatic heterocycles. The highest BCUT2D eigenvalue weighted by Crippen LogP contribution is 2.04. The van der Waals surface area contributed by atoms with E-state index in [4.69, 9.17) is 0 Å². The van der Waals surface area contributed by atoms with Crippen LogP contribution in [0.25, 0.3) is 0 Å². The largest absolute Gasteiger partial charge is 0.325 e. The van der Waals surface area contributed by atoms with Gasteiger partial charge in [0.15, 0.2) is 0 Å². The molecule has 94 valence electrons. The Morgan fingerprint density at radius 2 is 2.28 bits per heavy atom. The van der Waals surface area contributed by atoms with E-state index in [0.29, 0.717) is 18.7 Å². The molecule has 0 aromatic carbocycles. The lowest BCUT2D eigenvalue weighted by molar-refractivity contribution is -0.116. The summed E-state index contributed by atoms with van der Waals surface area (Å²) in [7, 11) is 0. The molecule has 18 heavy (non-hydrogen) atoms. The van der Waals surface area contributed by atoms with Crippen LogP contribution in [0.5, 0.6) is 0 Å². The summed E-state index contributed by atoms with van der Waals surface area (Å²) in [4.78, 5) is 19.8. The van der Waals surface area contributed by atoms with Crippen LogP contribution < -0.4 is 5.32 Å². The van der Waals surface area contributed by atoms with Crippen LogP contribution in [-0.2, 0) is 11.3 Å². The van der Waals surface area contributed by atoms with E-state index >= 15 is 0 Å². The lowest BCUT2D eigenvalue weighted by atomic mass is 10.3. The predicted octanol–water partition coefficient (Wildman–Crippen LogP) is 1.32. The molecule has 6 nitrogen and oxygen atoms in total. The van der Waals surface area contributed by atoms with Crippen molar-refractivity contribution in [3.63, 3.8) is 0 Å². The van der Waals surface area contributed by atoms with Crippen molar-refractivity contribution < 1.29 is 4.79 Å². The third kappa shape index (κ3) is 3.13. The van der Waals surface area contributed by atoms with Crippen LogP contribution in [0.15, 0.2) is 24.5 Å². The molecule has 0 bridgehead atoms. The Hall–Kier alpha value is -2.24. The molecule has 0 atom stereocenters. The van der Waals surface area contributed by atoms with Crippen LogP contribution in [0.3, 0.4) is 0 Å². The fraction of sp³-hybridized carbons (Fsp3) is 0.333. The van der Waals surface area contributed by atoms with Crippen LogP contribution in [0, 0.1) is 13.8 Å². The first-order valence-electron chi connectivity index (χ1n) is 5.73. The summed E-state index contributed by atoms with van der Waals surface area (Å²) < 4.78 is 1.73. The van der Waals surface area contributed by atoms with Gasteiger partial charge in [-0.25, -0.2) is 9.67 Å².